The van der Waals surface area contributed by atoms with Gasteiger partial charge >= 0.3 is 6.03 Å². The molecule has 0 bridgehead atoms. The number of pyridine rings is 1. The molecule has 3 heterocycles. The molecule has 3 N–H and O–H groups in total. The fourth-order valence-corrected chi connectivity index (χ4v) is 3.62. The normalized spacial score (nSPS) is 14.4. The average molecular weight is 406 g/mol. The number of likely N-dealkylation sites (tertiary alicyclic amines) is 1. The van der Waals surface area contributed by atoms with Gasteiger partial charge in [0.05, 0.1) is 6.20 Å². The van der Waals surface area contributed by atoms with E-state index in [4.69, 9.17) is 0 Å². The van der Waals surface area contributed by atoms with E-state index in [9.17, 15) is 4.79 Å². The van der Waals surface area contributed by atoms with Crippen LogP contribution in [0.5, 0.6) is 0 Å². The van der Waals surface area contributed by atoms with Crippen LogP contribution in [-0.4, -0.2) is 45.5 Å². The number of rotatable bonds is 6. The highest BCUT2D eigenvalue weighted by Gasteiger charge is 2.11. The Bertz CT molecular complexity index is 1020. The monoisotopic (exact) mass is 405 g/mol. The van der Waals surface area contributed by atoms with Crippen LogP contribution in [0.4, 0.5) is 22.1 Å². The zero-order chi connectivity index (χ0) is 20.8. The maximum absolute atomic E-state index is 11.7. The first-order valence-electron chi connectivity index (χ1n) is 10.5. The topological polar surface area (TPSA) is 95.1 Å². The van der Waals surface area contributed by atoms with Crippen LogP contribution >= 0.6 is 0 Å². The molecule has 1 aromatic carbocycles. The lowest BCUT2D eigenvalue weighted by Gasteiger charge is -2.26. The van der Waals surface area contributed by atoms with Crippen LogP contribution in [0.25, 0.3) is 11.2 Å². The van der Waals surface area contributed by atoms with E-state index in [0.29, 0.717) is 29.3 Å². The van der Waals surface area contributed by atoms with Crippen molar-refractivity contribution in [2.75, 3.05) is 30.3 Å². The Hall–Kier alpha value is -3.26. The summed E-state index contributed by atoms with van der Waals surface area (Å²) >= 11 is 0. The van der Waals surface area contributed by atoms with Gasteiger partial charge in [-0.25, -0.2) is 19.7 Å². The number of amides is 2. The predicted octanol–water partition coefficient (Wildman–Crippen LogP) is 3.90. The van der Waals surface area contributed by atoms with E-state index in [-0.39, 0.29) is 6.03 Å². The molecule has 3 aromatic rings. The molecular formula is C22H27N7O. The van der Waals surface area contributed by atoms with Gasteiger partial charge < -0.3 is 10.6 Å². The van der Waals surface area contributed by atoms with Crippen LogP contribution in [0.1, 0.15) is 31.7 Å². The van der Waals surface area contributed by atoms with Crippen LogP contribution in [0.15, 0.2) is 42.6 Å². The third-order valence-corrected chi connectivity index (χ3v) is 5.04. The molecule has 0 unspecified atom stereocenters. The summed E-state index contributed by atoms with van der Waals surface area (Å²) in [6, 6.07) is 11.6. The molecule has 8 nitrogen and oxygen atoms in total. The summed E-state index contributed by atoms with van der Waals surface area (Å²) < 4.78 is 0. The van der Waals surface area contributed by atoms with E-state index in [2.05, 4.69) is 54.0 Å². The summed E-state index contributed by atoms with van der Waals surface area (Å²) in [7, 11) is 0. The number of nitrogens with zero attached hydrogens (tertiary/aromatic N) is 4. The highest BCUT2D eigenvalue weighted by atomic mass is 16.2. The third kappa shape index (κ3) is 5.21. The zero-order valence-corrected chi connectivity index (χ0v) is 17.2. The van der Waals surface area contributed by atoms with E-state index < -0.39 is 0 Å². The summed E-state index contributed by atoms with van der Waals surface area (Å²) in [4.78, 5) is 27.6. The molecule has 0 aliphatic carbocycles. The Kier molecular flexibility index (Phi) is 6.34. The van der Waals surface area contributed by atoms with Crippen molar-refractivity contribution in [3.05, 3.63) is 48.2 Å². The molecule has 0 saturated carbocycles. The van der Waals surface area contributed by atoms with Crippen molar-refractivity contribution in [3.8, 4) is 0 Å². The number of carbonyl (C=O) groups is 1. The van der Waals surface area contributed by atoms with Gasteiger partial charge in [-0.2, -0.15) is 0 Å². The van der Waals surface area contributed by atoms with Crippen molar-refractivity contribution >= 4 is 34.5 Å². The molecule has 4 rings (SSSR count). The summed E-state index contributed by atoms with van der Waals surface area (Å²) in [5.41, 5.74) is 3.39. The Morgan fingerprint density at radius 2 is 1.90 bits per heavy atom. The first-order chi connectivity index (χ1) is 14.7. The number of piperidine rings is 1. The van der Waals surface area contributed by atoms with E-state index in [1.54, 1.807) is 18.3 Å². The van der Waals surface area contributed by atoms with Crippen molar-refractivity contribution in [1.82, 2.24) is 25.2 Å². The molecule has 1 aliphatic heterocycles. The van der Waals surface area contributed by atoms with Crippen LogP contribution < -0.4 is 16.0 Å². The lowest BCUT2D eigenvalue weighted by atomic mass is 10.1. The molecule has 1 saturated heterocycles. The summed E-state index contributed by atoms with van der Waals surface area (Å²) in [6.45, 7) is 5.72. The first kappa shape index (κ1) is 20.0. The number of fused-ring (bicyclic) bond motifs is 1. The number of urea groups is 1. The van der Waals surface area contributed by atoms with Crippen molar-refractivity contribution in [2.24, 2.45) is 0 Å². The Morgan fingerprint density at radius 3 is 2.73 bits per heavy atom. The molecule has 2 amide bonds. The van der Waals surface area contributed by atoms with Gasteiger partial charge in [0.15, 0.2) is 11.5 Å². The minimum atomic E-state index is -0.294. The van der Waals surface area contributed by atoms with Crippen LogP contribution in [-0.2, 0) is 6.54 Å². The lowest BCUT2D eigenvalue weighted by molar-refractivity contribution is 0.221. The van der Waals surface area contributed by atoms with Crippen LogP contribution in [0.3, 0.4) is 0 Å². The minimum Gasteiger partial charge on any atom is -0.339 e. The van der Waals surface area contributed by atoms with Gasteiger partial charge in [-0.1, -0.05) is 18.6 Å². The molecule has 0 atom stereocenters. The minimum absolute atomic E-state index is 0.294. The smallest absolute Gasteiger partial charge is 0.320 e. The number of hydrogen-bond acceptors (Lipinski definition) is 6. The highest BCUT2D eigenvalue weighted by Crippen LogP contribution is 2.20. The standard InChI is InChI=1S/C22H27N7O/c1-2-23-22(30)28-19-10-9-18-21(26-19)27-20(14-24-18)25-17-8-6-7-16(13-17)15-29-11-4-3-5-12-29/h6-10,13-14H,2-5,11-12,15H2,1H3,(H3,23,25,26,27,28,30). The van der Waals surface area contributed by atoms with Gasteiger partial charge in [0, 0.05) is 18.8 Å². The van der Waals surface area contributed by atoms with Crippen molar-refractivity contribution in [2.45, 2.75) is 32.7 Å². The number of nitrogens with one attached hydrogen (secondary N) is 3. The van der Waals surface area contributed by atoms with Crippen LogP contribution in [0.2, 0.25) is 0 Å². The predicted molar refractivity (Wildman–Crippen MR) is 119 cm³/mol. The summed E-state index contributed by atoms with van der Waals surface area (Å²) in [5, 5.41) is 8.70. The third-order valence-electron chi connectivity index (χ3n) is 5.04. The summed E-state index contributed by atoms with van der Waals surface area (Å²) in [5.74, 6) is 1.05. The van der Waals surface area contributed by atoms with Gasteiger partial charge in [0.2, 0.25) is 0 Å². The van der Waals surface area contributed by atoms with Crippen molar-refractivity contribution < 1.29 is 4.79 Å². The maximum Gasteiger partial charge on any atom is 0.320 e. The van der Waals surface area contributed by atoms with E-state index in [1.165, 1.54) is 37.9 Å². The SMILES string of the molecule is CCNC(=O)Nc1ccc2ncc(Nc3cccc(CN4CCCCC4)c3)nc2n1. The first-order valence-corrected chi connectivity index (χ1v) is 10.5. The quantitative estimate of drug-likeness (QED) is 0.576. The molecule has 156 valence electrons. The van der Waals surface area contributed by atoms with E-state index in [0.717, 1.165) is 12.2 Å². The number of carbonyl (C=O) groups excluding carboxylic acids is 1. The molecule has 8 heteroatoms. The van der Waals surface area contributed by atoms with E-state index in [1.807, 2.05) is 13.0 Å². The largest absolute Gasteiger partial charge is 0.339 e. The van der Waals surface area contributed by atoms with Gasteiger partial charge in [0.1, 0.15) is 11.3 Å². The fourth-order valence-electron chi connectivity index (χ4n) is 3.62. The second-order valence-corrected chi connectivity index (χ2v) is 7.44. The second kappa shape index (κ2) is 9.49. The Balaban J connectivity index is 1.47. The number of benzene rings is 1. The molecule has 0 spiro atoms. The molecule has 30 heavy (non-hydrogen) atoms. The number of aromatic nitrogens is 3. The highest BCUT2D eigenvalue weighted by molar-refractivity contribution is 5.89. The van der Waals surface area contributed by atoms with Gasteiger partial charge in [0.25, 0.3) is 0 Å². The molecule has 1 aliphatic rings. The fraction of sp³-hybridized carbons (Fsp3) is 0.364. The second-order valence-electron chi connectivity index (χ2n) is 7.44. The molecule has 1 fully saturated rings. The molecule has 0 radical (unpaired) electrons. The Morgan fingerprint density at radius 1 is 1.07 bits per heavy atom. The lowest BCUT2D eigenvalue weighted by Crippen LogP contribution is -2.29. The van der Waals surface area contributed by atoms with Crippen molar-refractivity contribution in [1.29, 1.82) is 0 Å². The summed E-state index contributed by atoms with van der Waals surface area (Å²) in [6.07, 6.45) is 5.61. The molecule has 2 aromatic heterocycles. The Labute approximate surface area is 176 Å². The maximum atomic E-state index is 11.7. The van der Waals surface area contributed by atoms with Crippen molar-refractivity contribution in [3.63, 3.8) is 0 Å². The van der Waals surface area contributed by atoms with E-state index >= 15 is 0 Å². The zero-order valence-electron chi connectivity index (χ0n) is 17.2. The number of hydrogen-bond donors (Lipinski definition) is 3. The van der Waals surface area contributed by atoms with Crippen LogP contribution in [0, 0.1) is 0 Å². The number of anilines is 3. The average Bonchev–Trinajstić information content (AvgIpc) is 2.75. The molecular weight excluding hydrogens is 378 g/mol. The van der Waals surface area contributed by atoms with Gasteiger partial charge in [-0.05, 0) is 62.7 Å². The van der Waals surface area contributed by atoms with Gasteiger partial charge in [-0.15, -0.1) is 0 Å². The van der Waals surface area contributed by atoms with Gasteiger partial charge in [-0.3, -0.25) is 10.2 Å².